The molecule has 1 N–H and O–H groups in total. The highest BCUT2D eigenvalue weighted by Gasteiger charge is 2.32. The monoisotopic (exact) mass is 310 g/mol. The molecule has 0 bridgehead atoms. The second kappa shape index (κ2) is 6.46. The Kier molecular flexibility index (Phi) is 5.07. The van der Waals surface area contributed by atoms with Crippen molar-refractivity contribution in [3.63, 3.8) is 0 Å². The van der Waals surface area contributed by atoms with Crippen LogP contribution in [0.5, 0.6) is 0 Å². The van der Waals surface area contributed by atoms with Crippen molar-refractivity contribution in [2.24, 2.45) is 0 Å². The Labute approximate surface area is 128 Å². The average Bonchev–Trinajstić information content (AvgIpc) is 2.84. The lowest BCUT2D eigenvalue weighted by Gasteiger charge is -2.21. The highest BCUT2D eigenvalue weighted by Crippen LogP contribution is 2.26. The molecule has 1 aromatic carbocycles. The van der Waals surface area contributed by atoms with Gasteiger partial charge in [-0.2, -0.15) is 4.31 Å². The van der Waals surface area contributed by atoms with Gasteiger partial charge in [0.15, 0.2) is 0 Å². The van der Waals surface area contributed by atoms with Crippen LogP contribution >= 0.6 is 0 Å². The first-order chi connectivity index (χ1) is 9.82. The largest absolute Gasteiger partial charge is 0.310 e. The maximum absolute atomic E-state index is 12.8. The van der Waals surface area contributed by atoms with E-state index in [1.54, 1.807) is 10.4 Å². The maximum Gasteiger partial charge on any atom is 0.243 e. The molecule has 1 heterocycles. The quantitative estimate of drug-likeness (QED) is 0.909. The Bertz CT molecular complexity index is 596. The van der Waals surface area contributed by atoms with Crippen molar-refractivity contribution in [2.45, 2.75) is 64.1 Å². The van der Waals surface area contributed by atoms with E-state index in [1.165, 1.54) is 0 Å². The van der Waals surface area contributed by atoms with Gasteiger partial charge in [-0.1, -0.05) is 19.9 Å². The van der Waals surface area contributed by atoms with Crippen LogP contribution in [0.2, 0.25) is 0 Å². The number of hydrogen-bond acceptors (Lipinski definition) is 3. The topological polar surface area (TPSA) is 49.4 Å². The van der Waals surface area contributed by atoms with E-state index in [0.29, 0.717) is 24.0 Å². The second-order valence-electron chi connectivity index (χ2n) is 6.23. The number of benzene rings is 1. The zero-order valence-electron chi connectivity index (χ0n) is 13.4. The molecule has 1 aromatic rings. The van der Waals surface area contributed by atoms with Crippen LogP contribution in [0.25, 0.3) is 0 Å². The van der Waals surface area contributed by atoms with E-state index >= 15 is 0 Å². The van der Waals surface area contributed by atoms with Gasteiger partial charge >= 0.3 is 0 Å². The molecule has 1 unspecified atom stereocenters. The Morgan fingerprint density at radius 1 is 1.38 bits per heavy atom. The normalized spacial score (nSPS) is 20.3. The summed E-state index contributed by atoms with van der Waals surface area (Å²) in [5, 5.41) is 3.35. The summed E-state index contributed by atoms with van der Waals surface area (Å²) in [5.41, 5.74) is 2.17. The van der Waals surface area contributed by atoms with Crippen molar-refractivity contribution in [2.75, 3.05) is 6.54 Å². The molecule has 118 valence electrons. The average molecular weight is 310 g/mol. The number of nitrogens with zero attached hydrogens (tertiary/aromatic N) is 1. The summed E-state index contributed by atoms with van der Waals surface area (Å²) in [7, 11) is -3.36. The van der Waals surface area contributed by atoms with Crippen LogP contribution in [0.4, 0.5) is 0 Å². The lowest BCUT2D eigenvalue weighted by Crippen LogP contribution is -2.33. The Morgan fingerprint density at radius 2 is 2.10 bits per heavy atom. The highest BCUT2D eigenvalue weighted by molar-refractivity contribution is 7.89. The fourth-order valence-electron chi connectivity index (χ4n) is 2.71. The van der Waals surface area contributed by atoms with Gasteiger partial charge in [-0.15, -0.1) is 0 Å². The summed E-state index contributed by atoms with van der Waals surface area (Å²) in [5.74, 6) is 0. The zero-order valence-corrected chi connectivity index (χ0v) is 14.2. The Hall–Kier alpha value is -0.910. The minimum absolute atomic E-state index is 0.105. The fraction of sp³-hybridized carbons (Fsp3) is 0.625. The fourth-order valence-corrected chi connectivity index (χ4v) is 4.46. The number of rotatable bonds is 5. The van der Waals surface area contributed by atoms with Crippen LogP contribution in [0.15, 0.2) is 23.1 Å². The van der Waals surface area contributed by atoms with Crippen molar-refractivity contribution >= 4 is 10.0 Å². The highest BCUT2D eigenvalue weighted by atomic mass is 32.2. The van der Waals surface area contributed by atoms with E-state index < -0.39 is 10.0 Å². The van der Waals surface area contributed by atoms with Gasteiger partial charge in [0.25, 0.3) is 0 Å². The molecule has 0 amide bonds. The zero-order chi connectivity index (χ0) is 15.6. The van der Waals surface area contributed by atoms with Crippen molar-refractivity contribution in [1.29, 1.82) is 0 Å². The molecular weight excluding hydrogens is 284 g/mol. The number of hydrogen-bond donors (Lipinski definition) is 1. The Balaban J connectivity index is 2.29. The molecule has 0 aromatic heterocycles. The number of aryl methyl sites for hydroxylation is 1. The molecule has 0 saturated carbocycles. The molecule has 0 aliphatic carbocycles. The predicted octanol–water partition coefficient (Wildman–Crippen LogP) is 2.67. The standard InChI is InChI=1S/C16H26N2O2S/c1-12(2)17-11-15-10-16(8-7-13(15)3)21(19,20)18-9-5-6-14(18)4/h7-8,10,12,14,17H,5-6,9,11H2,1-4H3. The summed E-state index contributed by atoms with van der Waals surface area (Å²) >= 11 is 0. The lowest BCUT2D eigenvalue weighted by atomic mass is 10.1. The first-order valence-electron chi connectivity index (χ1n) is 7.67. The van der Waals surface area contributed by atoms with Gasteiger partial charge in [-0.3, -0.25) is 0 Å². The SMILES string of the molecule is Cc1ccc(S(=O)(=O)N2CCCC2C)cc1CNC(C)C. The van der Waals surface area contributed by atoms with Gasteiger partial charge in [0.2, 0.25) is 10.0 Å². The lowest BCUT2D eigenvalue weighted by molar-refractivity contribution is 0.408. The molecule has 2 rings (SSSR count). The van der Waals surface area contributed by atoms with Crippen LogP contribution in [0, 0.1) is 6.92 Å². The van der Waals surface area contributed by atoms with Gasteiger partial charge in [0.05, 0.1) is 4.90 Å². The maximum atomic E-state index is 12.8. The number of sulfonamides is 1. The number of nitrogens with one attached hydrogen (secondary N) is 1. The summed E-state index contributed by atoms with van der Waals surface area (Å²) in [6.07, 6.45) is 1.90. The minimum atomic E-state index is -3.36. The van der Waals surface area contributed by atoms with Gasteiger partial charge in [0, 0.05) is 25.2 Å². The van der Waals surface area contributed by atoms with Gasteiger partial charge < -0.3 is 5.32 Å². The second-order valence-corrected chi connectivity index (χ2v) is 8.12. The van der Waals surface area contributed by atoms with E-state index in [9.17, 15) is 8.42 Å². The molecule has 21 heavy (non-hydrogen) atoms. The Morgan fingerprint density at radius 3 is 2.67 bits per heavy atom. The van der Waals surface area contributed by atoms with E-state index in [1.807, 2.05) is 26.0 Å². The van der Waals surface area contributed by atoms with E-state index in [2.05, 4.69) is 19.2 Å². The molecule has 1 fully saturated rings. The summed E-state index contributed by atoms with van der Waals surface area (Å²) in [6.45, 7) is 9.51. The van der Waals surface area contributed by atoms with Crippen LogP contribution < -0.4 is 5.32 Å². The molecule has 1 atom stereocenters. The van der Waals surface area contributed by atoms with Gasteiger partial charge in [-0.05, 0) is 49.9 Å². The van der Waals surface area contributed by atoms with Gasteiger partial charge in [-0.25, -0.2) is 8.42 Å². The van der Waals surface area contributed by atoms with Crippen molar-refractivity contribution in [3.8, 4) is 0 Å². The summed E-state index contributed by atoms with van der Waals surface area (Å²) in [6, 6.07) is 5.95. The van der Waals surface area contributed by atoms with E-state index in [0.717, 1.165) is 24.0 Å². The molecule has 4 nitrogen and oxygen atoms in total. The third kappa shape index (κ3) is 3.65. The predicted molar refractivity (Wildman–Crippen MR) is 85.7 cm³/mol. The van der Waals surface area contributed by atoms with Crippen LogP contribution in [0.3, 0.4) is 0 Å². The first-order valence-corrected chi connectivity index (χ1v) is 9.11. The first kappa shape index (κ1) is 16.5. The van der Waals surface area contributed by atoms with Crippen LogP contribution in [0.1, 0.15) is 44.7 Å². The summed E-state index contributed by atoms with van der Waals surface area (Å²) in [4.78, 5) is 0.419. The molecular formula is C16H26N2O2S. The van der Waals surface area contributed by atoms with Crippen molar-refractivity contribution < 1.29 is 8.42 Å². The molecule has 0 radical (unpaired) electrons. The molecule has 1 aliphatic rings. The van der Waals surface area contributed by atoms with Crippen molar-refractivity contribution in [1.82, 2.24) is 9.62 Å². The minimum Gasteiger partial charge on any atom is -0.310 e. The third-order valence-corrected chi connectivity index (χ3v) is 6.13. The van der Waals surface area contributed by atoms with E-state index in [4.69, 9.17) is 0 Å². The molecule has 1 aliphatic heterocycles. The molecule has 1 saturated heterocycles. The van der Waals surface area contributed by atoms with E-state index in [-0.39, 0.29) is 6.04 Å². The smallest absolute Gasteiger partial charge is 0.243 e. The van der Waals surface area contributed by atoms with Gasteiger partial charge in [0.1, 0.15) is 0 Å². The van der Waals surface area contributed by atoms with Crippen LogP contribution in [-0.2, 0) is 16.6 Å². The molecule has 5 heteroatoms. The summed E-state index contributed by atoms with van der Waals surface area (Å²) < 4.78 is 27.1. The van der Waals surface area contributed by atoms with Crippen LogP contribution in [-0.4, -0.2) is 31.4 Å². The van der Waals surface area contributed by atoms with Crippen molar-refractivity contribution in [3.05, 3.63) is 29.3 Å². The third-order valence-electron chi connectivity index (χ3n) is 4.12. The molecule has 0 spiro atoms.